The predicted octanol–water partition coefficient (Wildman–Crippen LogP) is 1.68. The van der Waals surface area contributed by atoms with Crippen LogP contribution in [0.2, 0.25) is 0 Å². The van der Waals surface area contributed by atoms with Crippen molar-refractivity contribution in [1.29, 1.82) is 0 Å². The average Bonchev–Trinajstić information content (AvgIpc) is 3.02. The molecule has 0 saturated carbocycles. The fourth-order valence-electron chi connectivity index (χ4n) is 3.87. The summed E-state index contributed by atoms with van der Waals surface area (Å²) in [5.41, 5.74) is 1.44. The first-order valence-corrected chi connectivity index (χ1v) is 7.85. The number of para-hydroxylation sites is 1. The van der Waals surface area contributed by atoms with Gasteiger partial charge < -0.3 is 15.0 Å². The van der Waals surface area contributed by atoms with Gasteiger partial charge in [-0.3, -0.25) is 4.79 Å². The number of carboxylic acid groups (broad SMARTS) is 1. The summed E-state index contributed by atoms with van der Waals surface area (Å²) < 4.78 is 0. The van der Waals surface area contributed by atoms with Crippen molar-refractivity contribution >= 4 is 28.8 Å². The number of amides is 3. The number of nitrogens with one attached hydrogen (secondary N) is 1. The number of aromatic nitrogens is 1. The normalized spacial score (nSPS) is 24.2. The molecule has 24 heavy (non-hydrogen) atoms. The minimum atomic E-state index is -1.20. The molecule has 2 aliphatic heterocycles. The second-order valence-electron chi connectivity index (χ2n) is 6.47. The molecule has 124 valence electrons. The third-order valence-electron chi connectivity index (χ3n) is 5.24. The number of carbonyl (C=O) groups excluding carboxylic acids is 2. The molecule has 0 spiro atoms. The van der Waals surface area contributed by atoms with Gasteiger partial charge in [-0.05, 0) is 31.9 Å². The number of H-pyrrole nitrogens is 1. The molecule has 7 heteroatoms. The topological polar surface area (TPSA) is 93.7 Å². The Morgan fingerprint density at radius 2 is 2.04 bits per heavy atom. The Hall–Kier alpha value is -2.83. The molecule has 1 aromatic heterocycles. The summed E-state index contributed by atoms with van der Waals surface area (Å²) in [5, 5.41) is 10.3. The highest BCUT2D eigenvalue weighted by atomic mass is 16.4. The van der Waals surface area contributed by atoms with Crippen molar-refractivity contribution in [1.82, 2.24) is 14.8 Å². The van der Waals surface area contributed by atoms with Crippen molar-refractivity contribution in [2.24, 2.45) is 0 Å². The standard InChI is InChI=1S/C17H17N3O4/c1-9(14(21)22)20-15(23)17(2)13-11(7-8-19(17)16(20)24)10-5-3-4-6-12(10)18-13/h3-6,9,18H,7-8H2,1-2H3,(H,21,22)/t9-,17+/m1/s1. The second kappa shape index (κ2) is 4.59. The zero-order chi connectivity index (χ0) is 17.2. The lowest BCUT2D eigenvalue weighted by atomic mass is 9.87. The van der Waals surface area contributed by atoms with E-state index in [4.69, 9.17) is 0 Å². The lowest BCUT2D eigenvalue weighted by Gasteiger charge is -2.36. The maximum absolute atomic E-state index is 13.0. The Morgan fingerprint density at radius 3 is 2.75 bits per heavy atom. The fraction of sp³-hybridized carbons (Fsp3) is 0.353. The molecule has 1 fully saturated rings. The largest absolute Gasteiger partial charge is 0.480 e. The molecule has 0 radical (unpaired) electrons. The second-order valence-corrected chi connectivity index (χ2v) is 6.47. The molecule has 1 aromatic carbocycles. The van der Waals surface area contributed by atoms with Gasteiger partial charge in [0.25, 0.3) is 5.91 Å². The van der Waals surface area contributed by atoms with E-state index >= 15 is 0 Å². The van der Waals surface area contributed by atoms with Crippen molar-refractivity contribution in [3.8, 4) is 0 Å². The molecule has 2 atom stereocenters. The van der Waals surface area contributed by atoms with Crippen LogP contribution in [0.1, 0.15) is 25.1 Å². The van der Waals surface area contributed by atoms with Crippen LogP contribution in [-0.4, -0.2) is 50.4 Å². The Morgan fingerprint density at radius 1 is 1.33 bits per heavy atom. The van der Waals surface area contributed by atoms with E-state index < -0.39 is 29.5 Å². The predicted molar refractivity (Wildman–Crippen MR) is 85.4 cm³/mol. The summed E-state index contributed by atoms with van der Waals surface area (Å²) in [5.74, 6) is -1.69. The summed E-state index contributed by atoms with van der Waals surface area (Å²) in [4.78, 5) is 42.6. The van der Waals surface area contributed by atoms with Crippen LogP contribution in [0.15, 0.2) is 24.3 Å². The van der Waals surface area contributed by atoms with Gasteiger partial charge in [-0.25, -0.2) is 14.5 Å². The summed E-state index contributed by atoms with van der Waals surface area (Å²) in [6.07, 6.45) is 0.628. The highest BCUT2D eigenvalue weighted by molar-refractivity contribution is 6.10. The quantitative estimate of drug-likeness (QED) is 0.821. The van der Waals surface area contributed by atoms with Crippen LogP contribution in [0, 0.1) is 0 Å². The first-order valence-electron chi connectivity index (χ1n) is 7.85. The van der Waals surface area contributed by atoms with Gasteiger partial charge in [0.2, 0.25) is 0 Å². The maximum Gasteiger partial charge on any atom is 0.328 e. The molecule has 1 saturated heterocycles. The number of fused-ring (bicyclic) bond motifs is 5. The zero-order valence-electron chi connectivity index (χ0n) is 13.4. The highest BCUT2D eigenvalue weighted by Gasteiger charge is 2.60. The van der Waals surface area contributed by atoms with Crippen LogP contribution in [0.4, 0.5) is 4.79 Å². The number of aromatic amines is 1. The number of hydrogen-bond acceptors (Lipinski definition) is 3. The highest BCUT2D eigenvalue weighted by Crippen LogP contribution is 2.44. The number of imide groups is 1. The molecule has 3 amide bonds. The number of nitrogens with zero attached hydrogens (tertiary/aromatic N) is 2. The number of rotatable bonds is 2. The van der Waals surface area contributed by atoms with Gasteiger partial charge in [-0.1, -0.05) is 18.2 Å². The van der Waals surface area contributed by atoms with Crippen molar-refractivity contribution in [3.05, 3.63) is 35.5 Å². The first-order chi connectivity index (χ1) is 11.4. The van der Waals surface area contributed by atoms with E-state index in [-0.39, 0.29) is 0 Å². The van der Waals surface area contributed by atoms with Gasteiger partial charge in [0.15, 0.2) is 5.54 Å². The van der Waals surface area contributed by atoms with Crippen molar-refractivity contribution < 1.29 is 19.5 Å². The third kappa shape index (κ3) is 1.59. The molecule has 2 N–H and O–H groups in total. The van der Waals surface area contributed by atoms with Crippen LogP contribution in [-0.2, 0) is 21.5 Å². The van der Waals surface area contributed by atoms with Crippen molar-refractivity contribution in [2.75, 3.05) is 6.54 Å². The number of hydrogen-bond donors (Lipinski definition) is 2. The zero-order valence-corrected chi connectivity index (χ0v) is 13.4. The number of carboxylic acids is 1. The average molecular weight is 327 g/mol. The van der Waals surface area contributed by atoms with E-state index in [0.717, 1.165) is 21.4 Å². The molecule has 3 heterocycles. The number of aliphatic carboxylic acids is 1. The van der Waals surface area contributed by atoms with Gasteiger partial charge >= 0.3 is 12.0 Å². The molecular weight excluding hydrogens is 310 g/mol. The SMILES string of the molecule is C[C@H](C(=O)O)N1C(=O)N2CCc3c([nH]c4ccccc34)[C@@]2(C)C1=O. The number of carbonyl (C=O) groups is 3. The fourth-order valence-corrected chi connectivity index (χ4v) is 3.87. The van der Waals surface area contributed by atoms with Gasteiger partial charge in [0.1, 0.15) is 6.04 Å². The van der Waals surface area contributed by atoms with Crippen LogP contribution in [0.5, 0.6) is 0 Å². The van der Waals surface area contributed by atoms with Crippen LogP contribution in [0.25, 0.3) is 10.9 Å². The monoisotopic (exact) mass is 327 g/mol. The third-order valence-corrected chi connectivity index (χ3v) is 5.24. The van der Waals surface area contributed by atoms with Crippen LogP contribution < -0.4 is 0 Å². The van der Waals surface area contributed by atoms with E-state index in [1.165, 1.54) is 11.8 Å². The van der Waals surface area contributed by atoms with Gasteiger partial charge in [-0.2, -0.15) is 0 Å². The molecule has 2 aromatic rings. The minimum Gasteiger partial charge on any atom is -0.480 e. The van der Waals surface area contributed by atoms with Crippen molar-refractivity contribution in [3.63, 3.8) is 0 Å². The molecule has 2 aliphatic rings. The molecule has 0 bridgehead atoms. The number of benzene rings is 1. The summed E-state index contributed by atoms with van der Waals surface area (Å²) in [6.45, 7) is 3.43. The lowest BCUT2D eigenvalue weighted by molar-refractivity contribution is -0.147. The molecule has 4 rings (SSSR count). The molecule has 7 nitrogen and oxygen atoms in total. The molecule has 0 unspecified atom stereocenters. The smallest absolute Gasteiger partial charge is 0.328 e. The van der Waals surface area contributed by atoms with Gasteiger partial charge in [0.05, 0.1) is 5.69 Å². The van der Waals surface area contributed by atoms with E-state index in [0.29, 0.717) is 18.7 Å². The van der Waals surface area contributed by atoms with E-state index in [1.54, 1.807) is 6.92 Å². The first kappa shape index (κ1) is 14.7. The Kier molecular flexibility index (Phi) is 2.82. The molecular formula is C17H17N3O4. The van der Waals surface area contributed by atoms with Crippen LogP contribution >= 0.6 is 0 Å². The van der Waals surface area contributed by atoms with E-state index in [2.05, 4.69) is 4.98 Å². The molecule has 0 aliphatic carbocycles. The van der Waals surface area contributed by atoms with Crippen molar-refractivity contribution in [2.45, 2.75) is 31.8 Å². The maximum atomic E-state index is 13.0. The Bertz CT molecular complexity index is 902. The van der Waals surface area contributed by atoms with Crippen LogP contribution in [0.3, 0.4) is 0 Å². The Balaban J connectivity index is 1.91. The summed E-state index contributed by atoms with van der Waals surface area (Å²) >= 11 is 0. The minimum absolute atomic E-state index is 0.388. The van der Waals surface area contributed by atoms with E-state index in [9.17, 15) is 19.5 Å². The summed E-state index contributed by atoms with van der Waals surface area (Å²) in [7, 11) is 0. The Labute approximate surface area is 137 Å². The lowest BCUT2D eigenvalue weighted by Crippen LogP contribution is -2.49. The van der Waals surface area contributed by atoms with Gasteiger partial charge in [-0.15, -0.1) is 0 Å². The number of urea groups is 1. The van der Waals surface area contributed by atoms with E-state index in [1.807, 2.05) is 24.3 Å². The summed E-state index contributed by atoms with van der Waals surface area (Å²) in [6, 6.07) is 6.03. The van der Waals surface area contributed by atoms with Gasteiger partial charge in [0, 0.05) is 17.4 Å².